The minimum atomic E-state index is -0.763. The first-order valence-electron chi connectivity index (χ1n) is 11.6. The van der Waals surface area contributed by atoms with Gasteiger partial charge in [-0.15, -0.1) is 0 Å². The van der Waals surface area contributed by atoms with Crippen molar-refractivity contribution in [1.29, 1.82) is 0 Å². The molecule has 1 aliphatic rings. The maximum atomic E-state index is 13.4. The molecule has 4 rings (SSSR count). The number of carbonyl (C=O) groups is 2. The number of amides is 1. The molecular formula is C29H30N2O4. The van der Waals surface area contributed by atoms with Gasteiger partial charge in [-0.25, -0.2) is 0 Å². The summed E-state index contributed by atoms with van der Waals surface area (Å²) in [6.07, 6.45) is 1.65. The first-order valence-corrected chi connectivity index (χ1v) is 11.6. The van der Waals surface area contributed by atoms with Crippen LogP contribution in [0.3, 0.4) is 0 Å². The molecular weight excluding hydrogens is 440 g/mol. The van der Waals surface area contributed by atoms with Crippen LogP contribution in [0.5, 0.6) is 5.75 Å². The zero-order valence-electron chi connectivity index (χ0n) is 20.7. The Bertz CT molecular complexity index is 1310. The molecule has 6 nitrogen and oxygen atoms in total. The zero-order chi connectivity index (χ0) is 25.3. The highest BCUT2D eigenvalue weighted by atomic mass is 16.5. The summed E-state index contributed by atoms with van der Waals surface area (Å²) in [5.41, 5.74) is 3.54. The standard InChI is InChI=1S/C29H30N2O4/c1-18-10-6-7-12-21(18)25-24(27(33)28(34)31(25)17-20-11-8-9-15-30-20)26(32)22-16-19(29(2,3)4)13-14-23(22)35-5/h6-16,25,32H,17H2,1-5H3/b26-24+. The normalized spacial score (nSPS) is 17.6. The van der Waals surface area contributed by atoms with Gasteiger partial charge < -0.3 is 14.7 Å². The van der Waals surface area contributed by atoms with Gasteiger partial charge >= 0.3 is 0 Å². The lowest BCUT2D eigenvalue weighted by Crippen LogP contribution is -2.29. The number of hydrogen-bond donors (Lipinski definition) is 1. The first kappa shape index (κ1) is 24.2. The summed E-state index contributed by atoms with van der Waals surface area (Å²) < 4.78 is 5.53. The Morgan fingerprint density at radius 1 is 1.06 bits per heavy atom. The second kappa shape index (κ2) is 9.37. The van der Waals surface area contributed by atoms with Crippen molar-refractivity contribution in [2.75, 3.05) is 7.11 Å². The number of aliphatic hydroxyl groups excluding tert-OH is 1. The van der Waals surface area contributed by atoms with Gasteiger partial charge in [-0.3, -0.25) is 14.6 Å². The van der Waals surface area contributed by atoms with Crippen LogP contribution in [-0.2, 0) is 21.5 Å². The van der Waals surface area contributed by atoms with E-state index < -0.39 is 17.7 Å². The van der Waals surface area contributed by atoms with Gasteiger partial charge in [0.05, 0.1) is 36.5 Å². The average molecular weight is 471 g/mol. The predicted octanol–water partition coefficient (Wildman–Crippen LogP) is 5.32. The molecule has 1 saturated heterocycles. The number of benzene rings is 2. The molecule has 2 aromatic carbocycles. The molecule has 2 heterocycles. The smallest absolute Gasteiger partial charge is 0.296 e. The number of likely N-dealkylation sites (tertiary alicyclic amines) is 1. The van der Waals surface area contributed by atoms with Gasteiger partial charge in [0.2, 0.25) is 0 Å². The summed E-state index contributed by atoms with van der Waals surface area (Å²) >= 11 is 0. The fourth-order valence-corrected chi connectivity index (χ4v) is 4.43. The summed E-state index contributed by atoms with van der Waals surface area (Å²) in [4.78, 5) is 32.6. The number of nitrogens with zero attached hydrogens (tertiary/aromatic N) is 2. The second-order valence-electron chi connectivity index (χ2n) is 9.77. The molecule has 0 radical (unpaired) electrons. The fraction of sp³-hybridized carbons (Fsp3) is 0.276. The van der Waals surface area contributed by atoms with Gasteiger partial charge in [0, 0.05) is 6.20 Å². The molecule has 0 aliphatic carbocycles. The highest BCUT2D eigenvalue weighted by Gasteiger charge is 2.47. The number of rotatable bonds is 5. The van der Waals surface area contributed by atoms with E-state index in [0.717, 1.165) is 16.7 Å². The Kier molecular flexibility index (Phi) is 6.48. The maximum Gasteiger partial charge on any atom is 0.296 e. The number of ketones is 1. The van der Waals surface area contributed by atoms with Crippen molar-refractivity contribution in [3.8, 4) is 5.75 Å². The van der Waals surface area contributed by atoms with Gasteiger partial charge in [-0.1, -0.05) is 57.2 Å². The van der Waals surface area contributed by atoms with Crippen LogP contribution >= 0.6 is 0 Å². The van der Waals surface area contributed by atoms with Gasteiger partial charge in [-0.2, -0.15) is 0 Å². The molecule has 1 N–H and O–H groups in total. The van der Waals surface area contributed by atoms with Gasteiger partial charge in [0.25, 0.3) is 11.7 Å². The highest BCUT2D eigenvalue weighted by Crippen LogP contribution is 2.43. The minimum absolute atomic E-state index is 0.0459. The van der Waals surface area contributed by atoms with E-state index in [9.17, 15) is 14.7 Å². The summed E-state index contributed by atoms with van der Waals surface area (Å²) in [6, 6.07) is 17.8. The molecule has 1 fully saturated rings. The van der Waals surface area contributed by atoms with E-state index in [0.29, 0.717) is 17.0 Å². The van der Waals surface area contributed by atoms with Gasteiger partial charge in [0.15, 0.2) is 0 Å². The molecule has 1 aromatic heterocycles. The summed E-state index contributed by atoms with van der Waals surface area (Å²) in [5, 5.41) is 11.6. The molecule has 3 aromatic rings. The van der Waals surface area contributed by atoms with E-state index in [1.807, 2.05) is 55.5 Å². The van der Waals surface area contributed by atoms with Crippen LogP contribution in [0.4, 0.5) is 0 Å². The van der Waals surface area contributed by atoms with Crippen molar-refractivity contribution < 1.29 is 19.4 Å². The Morgan fingerprint density at radius 3 is 2.40 bits per heavy atom. The second-order valence-corrected chi connectivity index (χ2v) is 9.77. The topological polar surface area (TPSA) is 79.7 Å². The van der Waals surface area contributed by atoms with Crippen molar-refractivity contribution in [1.82, 2.24) is 9.88 Å². The minimum Gasteiger partial charge on any atom is -0.507 e. The summed E-state index contributed by atoms with van der Waals surface area (Å²) in [5.74, 6) is -1.22. The van der Waals surface area contributed by atoms with Crippen LogP contribution in [0.15, 0.2) is 72.4 Å². The van der Waals surface area contributed by atoms with E-state index >= 15 is 0 Å². The maximum absolute atomic E-state index is 13.4. The van der Waals surface area contributed by atoms with Crippen LogP contribution < -0.4 is 4.74 Å². The fourth-order valence-electron chi connectivity index (χ4n) is 4.43. The van der Waals surface area contributed by atoms with Crippen molar-refractivity contribution in [3.63, 3.8) is 0 Å². The average Bonchev–Trinajstić information content (AvgIpc) is 3.08. The number of hydrogen-bond acceptors (Lipinski definition) is 5. The third kappa shape index (κ3) is 4.56. The van der Waals surface area contributed by atoms with E-state index in [2.05, 4.69) is 25.8 Å². The third-order valence-electron chi connectivity index (χ3n) is 6.40. The van der Waals surface area contributed by atoms with E-state index in [1.165, 1.54) is 12.0 Å². The van der Waals surface area contributed by atoms with E-state index in [1.54, 1.807) is 18.3 Å². The van der Waals surface area contributed by atoms with Crippen LogP contribution in [0.1, 0.15) is 54.8 Å². The van der Waals surface area contributed by atoms with Gasteiger partial charge in [-0.05, 0) is 53.3 Å². The first-order chi connectivity index (χ1) is 16.6. The molecule has 180 valence electrons. The number of Topliss-reactive ketones (excluding diaryl/α,β-unsaturated/α-hetero) is 1. The molecule has 0 saturated carbocycles. The van der Waals surface area contributed by atoms with Crippen LogP contribution in [-0.4, -0.2) is 33.8 Å². The lowest BCUT2D eigenvalue weighted by Gasteiger charge is -2.26. The molecule has 1 unspecified atom stereocenters. The predicted molar refractivity (Wildman–Crippen MR) is 135 cm³/mol. The summed E-state index contributed by atoms with van der Waals surface area (Å²) in [7, 11) is 1.52. The van der Waals surface area contributed by atoms with Crippen LogP contribution in [0.25, 0.3) is 5.76 Å². The Labute approximate surface area is 205 Å². The Hall–Kier alpha value is -3.93. The summed E-state index contributed by atoms with van der Waals surface area (Å²) in [6.45, 7) is 8.27. The number of carbonyl (C=O) groups excluding carboxylic acids is 2. The van der Waals surface area contributed by atoms with Crippen molar-refractivity contribution >= 4 is 17.4 Å². The highest BCUT2D eigenvalue weighted by molar-refractivity contribution is 6.46. The SMILES string of the molecule is COc1ccc(C(C)(C)C)cc1/C(O)=C1\C(=O)C(=O)N(Cc2ccccn2)C1c1ccccc1C. The number of methoxy groups -OCH3 is 1. The Morgan fingerprint density at radius 2 is 1.77 bits per heavy atom. The van der Waals surface area contributed by atoms with Crippen LogP contribution in [0.2, 0.25) is 0 Å². The number of aryl methyl sites for hydroxylation is 1. The third-order valence-corrected chi connectivity index (χ3v) is 6.40. The molecule has 35 heavy (non-hydrogen) atoms. The quantitative estimate of drug-likeness (QED) is 0.310. The van der Waals surface area contributed by atoms with Gasteiger partial charge in [0.1, 0.15) is 11.5 Å². The van der Waals surface area contributed by atoms with Crippen molar-refractivity contribution in [2.45, 2.75) is 45.7 Å². The molecule has 0 spiro atoms. The van der Waals surface area contributed by atoms with Crippen LogP contribution in [0, 0.1) is 6.92 Å². The zero-order valence-corrected chi connectivity index (χ0v) is 20.7. The molecule has 6 heteroatoms. The largest absolute Gasteiger partial charge is 0.507 e. The molecule has 1 aliphatic heterocycles. The molecule has 0 bridgehead atoms. The van der Waals surface area contributed by atoms with Crippen molar-refractivity contribution in [2.24, 2.45) is 0 Å². The monoisotopic (exact) mass is 470 g/mol. The lowest BCUT2D eigenvalue weighted by molar-refractivity contribution is -0.140. The molecule has 1 amide bonds. The van der Waals surface area contributed by atoms with Crippen molar-refractivity contribution in [3.05, 3.63) is 100 Å². The number of pyridine rings is 1. The van der Waals surface area contributed by atoms with E-state index in [4.69, 9.17) is 4.74 Å². The number of aliphatic hydroxyl groups is 1. The number of ether oxygens (including phenoxy) is 1. The molecule has 1 atom stereocenters. The number of aromatic nitrogens is 1. The van der Waals surface area contributed by atoms with E-state index in [-0.39, 0.29) is 23.3 Å². The Balaban J connectivity index is 1.95. The lowest BCUT2D eigenvalue weighted by atomic mass is 9.85.